The van der Waals surface area contributed by atoms with Gasteiger partial charge in [0, 0.05) is 17.1 Å². The lowest BCUT2D eigenvalue weighted by atomic mass is 9.88. The number of nitrogens with one attached hydrogen (secondary N) is 1. The van der Waals surface area contributed by atoms with Crippen LogP contribution in [0.25, 0.3) is 0 Å². The molecule has 3 aromatic rings. The zero-order valence-corrected chi connectivity index (χ0v) is 18.3. The minimum atomic E-state index is -0.0354. The van der Waals surface area contributed by atoms with Crippen LogP contribution >= 0.6 is 11.6 Å². The number of hydrogen-bond acceptors (Lipinski definition) is 4. The quantitative estimate of drug-likeness (QED) is 0.569. The number of rotatable bonds is 6. The monoisotopic (exact) mass is 423 g/mol. The summed E-state index contributed by atoms with van der Waals surface area (Å²) in [5.41, 5.74) is 5.52. The Balaban J connectivity index is 1.73. The van der Waals surface area contributed by atoms with Crippen molar-refractivity contribution in [3.05, 3.63) is 87.4 Å². The molecule has 0 aromatic heterocycles. The fourth-order valence-electron chi connectivity index (χ4n) is 3.92. The Kier molecular flexibility index (Phi) is 6.16. The fourth-order valence-corrected chi connectivity index (χ4v) is 4.09. The van der Waals surface area contributed by atoms with Crippen LogP contribution in [0.4, 0.5) is 0 Å². The first-order valence-corrected chi connectivity index (χ1v) is 10.4. The van der Waals surface area contributed by atoms with Gasteiger partial charge in [-0.15, -0.1) is 0 Å². The Morgan fingerprint density at radius 1 is 0.933 bits per heavy atom. The summed E-state index contributed by atoms with van der Waals surface area (Å²) in [5.74, 6) is 2.30. The number of benzene rings is 3. The van der Waals surface area contributed by atoms with E-state index in [9.17, 15) is 0 Å². The van der Waals surface area contributed by atoms with Crippen molar-refractivity contribution in [1.82, 2.24) is 5.32 Å². The Morgan fingerprint density at radius 3 is 2.43 bits per heavy atom. The summed E-state index contributed by atoms with van der Waals surface area (Å²) in [5, 5.41) is 4.35. The molecule has 0 amide bonds. The number of hydrogen-bond donors (Lipinski definition) is 1. The Bertz CT molecular complexity index is 1040. The van der Waals surface area contributed by atoms with E-state index in [4.69, 9.17) is 25.8 Å². The highest BCUT2D eigenvalue weighted by Crippen LogP contribution is 2.41. The van der Waals surface area contributed by atoms with E-state index in [1.54, 1.807) is 14.2 Å². The summed E-state index contributed by atoms with van der Waals surface area (Å²) in [6.07, 6.45) is 0.920. The van der Waals surface area contributed by atoms with Crippen molar-refractivity contribution in [1.29, 1.82) is 0 Å². The van der Waals surface area contributed by atoms with Gasteiger partial charge in [-0.3, -0.25) is 0 Å². The maximum atomic E-state index is 6.46. The largest absolute Gasteiger partial charge is 0.496 e. The maximum Gasteiger partial charge on any atom is 0.162 e. The summed E-state index contributed by atoms with van der Waals surface area (Å²) in [6.45, 7) is 3.32. The van der Waals surface area contributed by atoms with Crippen LogP contribution in [0.1, 0.15) is 33.9 Å². The highest BCUT2D eigenvalue weighted by molar-refractivity contribution is 6.31. The van der Waals surface area contributed by atoms with Gasteiger partial charge in [0.25, 0.3) is 0 Å². The Labute approximate surface area is 182 Å². The molecule has 4 nitrogen and oxygen atoms in total. The van der Waals surface area contributed by atoms with E-state index in [1.807, 2.05) is 37.3 Å². The van der Waals surface area contributed by atoms with Crippen molar-refractivity contribution in [3.8, 4) is 17.2 Å². The molecule has 0 bridgehead atoms. The van der Waals surface area contributed by atoms with Crippen molar-refractivity contribution in [2.24, 2.45) is 0 Å². The van der Waals surface area contributed by atoms with Gasteiger partial charge in [0.2, 0.25) is 0 Å². The van der Waals surface area contributed by atoms with E-state index < -0.39 is 0 Å². The van der Waals surface area contributed by atoms with Gasteiger partial charge >= 0.3 is 0 Å². The molecule has 0 fully saturated rings. The van der Waals surface area contributed by atoms with Crippen LogP contribution in [0.2, 0.25) is 5.02 Å². The van der Waals surface area contributed by atoms with Crippen LogP contribution in [-0.4, -0.2) is 20.8 Å². The van der Waals surface area contributed by atoms with Gasteiger partial charge < -0.3 is 19.5 Å². The van der Waals surface area contributed by atoms with Crippen molar-refractivity contribution in [3.63, 3.8) is 0 Å². The predicted molar refractivity (Wildman–Crippen MR) is 120 cm³/mol. The molecule has 0 spiro atoms. The van der Waals surface area contributed by atoms with Crippen LogP contribution in [-0.2, 0) is 13.0 Å². The van der Waals surface area contributed by atoms with Gasteiger partial charge in [-0.2, -0.15) is 0 Å². The second-order valence-electron chi connectivity index (χ2n) is 7.46. The average molecular weight is 424 g/mol. The van der Waals surface area contributed by atoms with E-state index in [0.717, 1.165) is 57.5 Å². The SMILES string of the molecule is COc1cc2c(cc1OCc1ccccc1)C(c1cc(Cl)c(C)cc1OC)NCC2. The molecule has 1 aliphatic rings. The third-order valence-electron chi connectivity index (χ3n) is 5.54. The van der Waals surface area contributed by atoms with Crippen LogP contribution in [0, 0.1) is 6.92 Å². The van der Waals surface area contributed by atoms with E-state index in [2.05, 4.69) is 29.6 Å². The fraction of sp³-hybridized carbons (Fsp3) is 0.280. The number of halogens is 1. The summed E-state index contributed by atoms with van der Waals surface area (Å²) in [6, 6.07) is 18.2. The van der Waals surface area contributed by atoms with Crippen LogP contribution in [0.5, 0.6) is 17.2 Å². The smallest absolute Gasteiger partial charge is 0.162 e. The van der Waals surface area contributed by atoms with Crippen molar-refractivity contribution < 1.29 is 14.2 Å². The molecule has 4 rings (SSSR count). The van der Waals surface area contributed by atoms with E-state index in [1.165, 1.54) is 5.56 Å². The van der Waals surface area contributed by atoms with Gasteiger partial charge in [-0.05, 0) is 59.9 Å². The predicted octanol–water partition coefficient (Wildman–Crippen LogP) is 5.48. The van der Waals surface area contributed by atoms with Gasteiger partial charge in [0.1, 0.15) is 12.4 Å². The first-order valence-electron chi connectivity index (χ1n) is 10.1. The molecule has 1 aliphatic heterocycles. The number of methoxy groups -OCH3 is 2. The number of aryl methyl sites for hydroxylation is 1. The molecule has 0 aliphatic carbocycles. The summed E-state index contributed by atoms with van der Waals surface area (Å²) >= 11 is 6.46. The second-order valence-corrected chi connectivity index (χ2v) is 7.86. The lowest BCUT2D eigenvalue weighted by Gasteiger charge is -2.30. The van der Waals surface area contributed by atoms with Gasteiger partial charge in [0.15, 0.2) is 11.5 Å². The van der Waals surface area contributed by atoms with E-state index >= 15 is 0 Å². The molecule has 1 N–H and O–H groups in total. The summed E-state index contributed by atoms with van der Waals surface area (Å²) in [7, 11) is 3.37. The topological polar surface area (TPSA) is 39.7 Å². The molecule has 156 valence electrons. The minimum Gasteiger partial charge on any atom is -0.496 e. The average Bonchev–Trinajstić information content (AvgIpc) is 2.78. The second kappa shape index (κ2) is 8.99. The third kappa shape index (κ3) is 4.11. The minimum absolute atomic E-state index is 0.0354. The first-order chi connectivity index (χ1) is 14.6. The lowest BCUT2D eigenvalue weighted by Crippen LogP contribution is -2.31. The summed E-state index contributed by atoms with van der Waals surface area (Å²) in [4.78, 5) is 0. The zero-order valence-electron chi connectivity index (χ0n) is 17.5. The number of fused-ring (bicyclic) bond motifs is 1. The van der Waals surface area contributed by atoms with E-state index in [0.29, 0.717) is 6.61 Å². The molecule has 3 aromatic carbocycles. The third-order valence-corrected chi connectivity index (χ3v) is 5.95. The normalized spacial score (nSPS) is 15.4. The molecular weight excluding hydrogens is 398 g/mol. The Hall–Kier alpha value is -2.69. The molecule has 0 saturated carbocycles. The molecule has 0 radical (unpaired) electrons. The molecule has 30 heavy (non-hydrogen) atoms. The Morgan fingerprint density at radius 2 is 1.70 bits per heavy atom. The van der Waals surface area contributed by atoms with Crippen LogP contribution in [0.3, 0.4) is 0 Å². The highest BCUT2D eigenvalue weighted by atomic mass is 35.5. The van der Waals surface area contributed by atoms with Gasteiger partial charge in [-0.1, -0.05) is 41.9 Å². The van der Waals surface area contributed by atoms with Crippen molar-refractivity contribution in [2.75, 3.05) is 20.8 Å². The number of ether oxygens (including phenoxy) is 3. The maximum absolute atomic E-state index is 6.46. The molecule has 1 unspecified atom stereocenters. The molecular formula is C25H26ClNO3. The molecule has 1 atom stereocenters. The molecule has 1 heterocycles. The molecule has 0 saturated heterocycles. The molecule has 5 heteroatoms. The lowest BCUT2D eigenvalue weighted by molar-refractivity contribution is 0.283. The van der Waals surface area contributed by atoms with Crippen molar-refractivity contribution in [2.45, 2.75) is 26.0 Å². The highest BCUT2D eigenvalue weighted by Gasteiger charge is 2.27. The summed E-state index contributed by atoms with van der Waals surface area (Å²) < 4.78 is 17.5. The zero-order chi connectivity index (χ0) is 21.1. The van der Waals surface area contributed by atoms with Crippen molar-refractivity contribution >= 4 is 11.6 Å². The first kappa shape index (κ1) is 20.6. The van der Waals surface area contributed by atoms with Crippen LogP contribution in [0.15, 0.2) is 54.6 Å². The van der Waals surface area contributed by atoms with Gasteiger partial charge in [-0.25, -0.2) is 0 Å². The van der Waals surface area contributed by atoms with E-state index in [-0.39, 0.29) is 6.04 Å². The standard InChI is InChI=1S/C25H26ClNO3/c1-16-11-22(28-2)20(13-21(16)26)25-19-14-24(30-15-17-7-5-4-6-8-17)23(29-3)12-18(19)9-10-27-25/h4-8,11-14,25,27H,9-10,15H2,1-3H3. The van der Waals surface area contributed by atoms with Crippen LogP contribution < -0.4 is 19.5 Å². The van der Waals surface area contributed by atoms with Gasteiger partial charge in [0.05, 0.1) is 20.3 Å².